The fourth-order valence-electron chi connectivity index (χ4n) is 3.95. The van der Waals surface area contributed by atoms with Crippen molar-refractivity contribution in [1.82, 2.24) is 9.80 Å². The zero-order valence-corrected chi connectivity index (χ0v) is 17.1. The normalized spacial score (nSPS) is 17.1. The lowest BCUT2D eigenvalue weighted by Gasteiger charge is -2.36. The number of para-hydroxylation sites is 1. The van der Waals surface area contributed by atoms with Crippen molar-refractivity contribution in [3.63, 3.8) is 0 Å². The van der Waals surface area contributed by atoms with Crippen molar-refractivity contribution in [3.8, 4) is 18.1 Å². The minimum absolute atomic E-state index is 0.0526. The number of terminal acetylenes is 1. The van der Waals surface area contributed by atoms with Crippen LogP contribution in [0.4, 0.5) is 10.5 Å². The molecule has 2 heterocycles. The lowest BCUT2D eigenvalue weighted by molar-refractivity contribution is -0.134. The molecule has 7 heteroatoms. The van der Waals surface area contributed by atoms with Gasteiger partial charge in [-0.05, 0) is 49.2 Å². The Labute approximate surface area is 181 Å². The molecule has 0 bridgehead atoms. The van der Waals surface area contributed by atoms with E-state index >= 15 is 0 Å². The summed E-state index contributed by atoms with van der Waals surface area (Å²) in [5.74, 6) is 2.79. The van der Waals surface area contributed by atoms with E-state index in [1.807, 2.05) is 6.07 Å². The third kappa shape index (κ3) is 4.38. The van der Waals surface area contributed by atoms with Crippen LogP contribution in [0.2, 0.25) is 0 Å². The quantitative estimate of drug-likeness (QED) is 0.554. The number of piperidine rings is 1. The summed E-state index contributed by atoms with van der Waals surface area (Å²) in [6.45, 7) is 1.06. The Morgan fingerprint density at radius 2 is 1.71 bits per heavy atom. The summed E-state index contributed by atoms with van der Waals surface area (Å²) in [6.07, 6.45) is 6.59. The first-order valence-electron chi connectivity index (χ1n) is 10.2. The van der Waals surface area contributed by atoms with Crippen molar-refractivity contribution in [3.05, 3.63) is 60.2 Å². The topological polar surface area (TPSA) is 70.2 Å². The van der Waals surface area contributed by atoms with Crippen LogP contribution in [0.1, 0.15) is 18.4 Å². The number of carbonyl (C=O) groups is 3. The van der Waals surface area contributed by atoms with E-state index in [1.54, 1.807) is 58.3 Å². The van der Waals surface area contributed by atoms with Crippen molar-refractivity contribution in [2.45, 2.75) is 18.9 Å². The molecule has 0 saturated carbocycles. The number of likely N-dealkylation sites (tertiary alicyclic amines) is 1. The number of hydrogen-bond acceptors (Lipinski definition) is 4. The molecule has 0 aliphatic carbocycles. The molecule has 0 radical (unpaired) electrons. The second-order valence-corrected chi connectivity index (χ2v) is 7.54. The molecule has 158 valence electrons. The minimum atomic E-state index is -0.292. The number of imide groups is 1. The van der Waals surface area contributed by atoms with Crippen molar-refractivity contribution in [2.75, 3.05) is 31.1 Å². The smallest absolute Gasteiger partial charge is 0.332 e. The minimum Gasteiger partial charge on any atom is -0.484 e. The van der Waals surface area contributed by atoms with E-state index in [9.17, 15) is 14.4 Å². The second kappa shape index (κ2) is 8.92. The molecule has 4 amide bonds. The summed E-state index contributed by atoms with van der Waals surface area (Å²) in [6, 6.07) is 15.6. The van der Waals surface area contributed by atoms with Gasteiger partial charge in [0.1, 0.15) is 12.3 Å². The number of amides is 4. The van der Waals surface area contributed by atoms with Crippen molar-refractivity contribution >= 4 is 23.5 Å². The van der Waals surface area contributed by atoms with Gasteiger partial charge in [-0.3, -0.25) is 9.59 Å². The summed E-state index contributed by atoms with van der Waals surface area (Å²) in [7, 11) is 0. The molecule has 0 N–H and O–H groups in total. The van der Waals surface area contributed by atoms with Gasteiger partial charge in [-0.25, -0.2) is 9.69 Å². The number of rotatable bonds is 5. The number of nitrogens with zero attached hydrogens (tertiary/aromatic N) is 3. The second-order valence-electron chi connectivity index (χ2n) is 7.54. The highest BCUT2D eigenvalue weighted by molar-refractivity contribution is 6.19. The van der Waals surface area contributed by atoms with Gasteiger partial charge in [0.2, 0.25) is 0 Å². The van der Waals surface area contributed by atoms with Crippen LogP contribution in [0.15, 0.2) is 54.6 Å². The summed E-state index contributed by atoms with van der Waals surface area (Å²) >= 11 is 0. The Hall–Kier alpha value is -3.79. The van der Waals surface area contributed by atoms with E-state index in [0.717, 1.165) is 5.56 Å². The zero-order valence-electron chi connectivity index (χ0n) is 17.1. The lowest BCUT2D eigenvalue weighted by Crippen LogP contribution is -2.49. The van der Waals surface area contributed by atoms with Crippen molar-refractivity contribution < 1.29 is 19.1 Å². The van der Waals surface area contributed by atoms with Crippen molar-refractivity contribution in [1.29, 1.82) is 0 Å². The van der Waals surface area contributed by atoms with E-state index in [2.05, 4.69) is 5.92 Å². The van der Waals surface area contributed by atoms with Crippen LogP contribution in [0.3, 0.4) is 0 Å². The first kappa shape index (κ1) is 20.5. The predicted octanol–water partition coefficient (Wildman–Crippen LogP) is 2.51. The molecule has 0 aromatic heterocycles. The number of carbonyl (C=O) groups excluding carboxylic acids is 3. The van der Waals surface area contributed by atoms with Gasteiger partial charge >= 0.3 is 6.03 Å². The van der Waals surface area contributed by atoms with E-state index in [0.29, 0.717) is 37.4 Å². The third-order valence-corrected chi connectivity index (χ3v) is 5.65. The Bertz CT molecular complexity index is 1010. The van der Waals surface area contributed by atoms with Gasteiger partial charge < -0.3 is 14.5 Å². The van der Waals surface area contributed by atoms with Gasteiger partial charge in [-0.15, -0.1) is 6.42 Å². The highest BCUT2D eigenvalue weighted by atomic mass is 16.5. The SMILES string of the molecule is C#Cc1ccc(OCC(=O)N2CCC(N3CC(=O)N(c4ccccc4)C3=O)CC2)cc1. The predicted molar refractivity (Wildman–Crippen MR) is 116 cm³/mol. The molecule has 0 spiro atoms. The van der Waals surface area contributed by atoms with Crippen LogP contribution >= 0.6 is 0 Å². The molecular formula is C24H23N3O4. The molecule has 2 aromatic carbocycles. The fraction of sp³-hybridized carbons (Fsp3) is 0.292. The Balaban J connectivity index is 1.29. The third-order valence-electron chi connectivity index (χ3n) is 5.65. The fourth-order valence-corrected chi connectivity index (χ4v) is 3.95. The Kier molecular flexibility index (Phi) is 5.89. The molecular weight excluding hydrogens is 394 g/mol. The molecule has 31 heavy (non-hydrogen) atoms. The van der Waals surface area contributed by atoms with Crippen LogP contribution in [0.25, 0.3) is 0 Å². The maximum atomic E-state index is 12.9. The van der Waals surface area contributed by atoms with Gasteiger partial charge in [-0.2, -0.15) is 0 Å². The molecule has 0 atom stereocenters. The zero-order chi connectivity index (χ0) is 21.8. The number of benzene rings is 2. The van der Waals surface area contributed by atoms with Crippen LogP contribution in [-0.4, -0.2) is 59.9 Å². The van der Waals surface area contributed by atoms with Gasteiger partial charge in [-0.1, -0.05) is 24.1 Å². The largest absolute Gasteiger partial charge is 0.484 e. The van der Waals surface area contributed by atoms with Crippen LogP contribution < -0.4 is 9.64 Å². The van der Waals surface area contributed by atoms with E-state index in [-0.39, 0.29) is 37.0 Å². The van der Waals surface area contributed by atoms with Gasteiger partial charge in [0.15, 0.2) is 6.61 Å². The van der Waals surface area contributed by atoms with Gasteiger partial charge in [0, 0.05) is 24.7 Å². The number of ether oxygens (including phenoxy) is 1. The molecule has 0 unspecified atom stereocenters. The summed E-state index contributed by atoms with van der Waals surface area (Å²) in [4.78, 5) is 42.4. The van der Waals surface area contributed by atoms with Crippen LogP contribution in [0, 0.1) is 12.3 Å². The number of urea groups is 1. The average Bonchev–Trinajstić information content (AvgIpc) is 3.12. The first-order valence-corrected chi connectivity index (χ1v) is 10.2. The maximum absolute atomic E-state index is 12.9. The highest BCUT2D eigenvalue weighted by Gasteiger charge is 2.41. The van der Waals surface area contributed by atoms with Crippen LogP contribution in [0.5, 0.6) is 5.75 Å². The highest BCUT2D eigenvalue weighted by Crippen LogP contribution is 2.26. The standard InChI is InChI=1S/C24H23N3O4/c1-2-18-8-10-21(11-9-18)31-17-23(29)25-14-12-19(13-15-25)26-16-22(28)27(24(26)30)20-6-4-3-5-7-20/h1,3-11,19H,12-17H2. The summed E-state index contributed by atoms with van der Waals surface area (Å²) < 4.78 is 5.57. The maximum Gasteiger partial charge on any atom is 0.332 e. The summed E-state index contributed by atoms with van der Waals surface area (Å²) in [5, 5.41) is 0. The van der Waals surface area contributed by atoms with Crippen molar-refractivity contribution in [2.24, 2.45) is 0 Å². The van der Waals surface area contributed by atoms with Crippen LogP contribution in [-0.2, 0) is 9.59 Å². The van der Waals surface area contributed by atoms with Gasteiger partial charge in [0.25, 0.3) is 11.8 Å². The van der Waals surface area contributed by atoms with Gasteiger partial charge in [0.05, 0.1) is 5.69 Å². The molecule has 2 fully saturated rings. The molecule has 2 aliphatic rings. The van der Waals surface area contributed by atoms with E-state index in [1.165, 1.54) is 4.90 Å². The lowest BCUT2D eigenvalue weighted by atomic mass is 10.0. The Morgan fingerprint density at radius 3 is 2.35 bits per heavy atom. The average molecular weight is 417 g/mol. The summed E-state index contributed by atoms with van der Waals surface area (Å²) in [5.41, 5.74) is 1.33. The number of hydrogen-bond donors (Lipinski definition) is 0. The molecule has 2 saturated heterocycles. The molecule has 4 rings (SSSR count). The molecule has 7 nitrogen and oxygen atoms in total. The monoisotopic (exact) mass is 417 g/mol. The molecule has 2 aliphatic heterocycles. The number of anilines is 1. The Morgan fingerprint density at radius 1 is 1.03 bits per heavy atom. The van der Waals surface area contributed by atoms with E-state index < -0.39 is 0 Å². The molecule has 2 aromatic rings. The van der Waals surface area contributed by atoms with E-state index in [4.69, 9.17) is 11.2 Å². The first-order chi connectivity index (χ1) is 15.1.